The Morgan fingerprint density at radius 3 is 2.70 bits per heavy atom. The minimum atomic E-state index is 0.204. The van der Waals surface area contributed by atoms with Gasteiger partial charge in [0.2, 0.25) is 5.95 Å². The van der Waals surface area contributed by atoms with E-state index in [9.17, 15) is 0 Å². The van der Waals surface area contributed by atoms with E-state index in [1.54, 1.807) is 10.9 Å². The lowest BCUT2D eigenvalue weighted by atomic mass is 10.0. The standard InChI is InChI=1S/C16H17N7/c17-14-13-9-20-16(18)21-15(13)23(22-14)12-3-1-10(2-4-12)11-5-7-19-8-6-11/h1-5,9,19H,6-8H2,(H2,17,22)(H2,18,20,21). The number of benzene rings is 1. The molecular weight excluding hydrogens is 290 g/mol. The molecule has 5 N–H and O–H groups in total. The first-order valence-electron chi connectivity index (χ1n) is 7.49. The quantitative estimate of drug-likeness (QED) is 0.659. The van der Waals surface area contributed by atoms with Crippen molar-refractivity contribution in [3.05, 3.63) is 42.1 Å². The van der Waals surface area contributed by atoms with Gasteiger partial charge >= 0.3 is 0 Å². The smallest absolute Gasteiger partial charge is 0.222 e. The van der Waals surface area contributed by atoms with Gasteiger partial charge in [0.25, 0.3) is 0 Å². The summed E-state index contributed by atoms with van der Waals surface area (Å²) in [4.78, 5) is 8.22. The van der Waals surface area contributed by atoms with E-state index in [0.29, 0.717) is 16.9 Å². The van der Waals surface area contributed by atoms with Gasteiger partial charge in [0.15, 0.2) is 11.5 Å². The zero-order valence-corrected chi connectivity index (χ0v) is 12.5. The number of hydrogen-bond donors (Lipinski definition) is 3. The van der Waals surface area contributed by atoms with E-state index in [1.807, 2.05) is 12.1 Å². The molecule has 1 aliphatic heterocycles. The first kappa shape index (κ1) is 13.7. The summed E-state index contributed by atoms with van der Waals surface area (Å²) >= 11 is 0. The largest absolute Gasteiger partial charge is 0.382 e. The van der Waals surface area contributed by atoms with Crippen molar-refractivity contribution in [2.45, 2.75) is 6.42 Å². The Morgan fingerprint density at radius 2 is 1.96 bits per heavy atom. The molecule has 7 nitrogen and oxygen atoms in total. The van der Waals surface area contributed by atoms with Gasteiger partial charge < -0.3 is 16.8 Å². The molecule has 23 heavy (non-hydrogen) atoms. The molecule has 4 rings (SSSR count). The summed E-state index contributed by atoms with van der Waals surface area (Å²) < 4.78 is 1.70. The van der Waals surface area contributed by atoms with Crippen LogP contribution in [0.5, 0.6) is 0 Å². The minimum absolute atomic E-state index is 0.204. The van der Waals surface area contributed by atoms with Crippen LogP contribution < -0.4 is 16.8 Å². The highest BCUT2D eigenvalue weighted by Gasteiger charge is 2.13. The molecule has 0 spiro atoms. The van der Waals surface area contributed by atoms with Gasteiger partial charge in [-0.2, -0.15) is 4.98 Å². The van der Waals surface area contributed by atoms with Crippen molar-refractivity contribution in [1.29, 1.82) is 0 Å². The van der Waals surface area contributed by atoms with E-state index >= 15 is 0 Å². The highest BCUT2D eigenvalue weighted by atomic mass is 15.3. The van der Waals surface area contributed by atoms with Crippen LogP contribution in [0.2, 0.25) is 0 Å². The normalized spacial score (nSPS) is 14.9. The summed E-state index contributed by atoms with van der Waals surface area (Å²) in [6, 6.07) is 8.23. The summed E-state index contributed by atoms with van der Waals surface area (Å²) in [5.74, 6) is 0.597. The third-order valence-electron chi connectivity index (χ3n) is 4.02. The third kappa shape index (κ3) is 2.40. The predicted molar refractivity (Wildman–Crippen MR) is 90.9 cm³/mol. The Hall–Kier alpha value is -2.93. The molecule has 1 aromatic carbocycles. The Labute approximate surface area is 133 Å². The number of nitrogens with two attached hydrogens (primary N) is 2. The fourth-order valence-corrected chi connectivity index (χ4v) is 2.82. The number of nitrogens with zero attached hydrogens (tertiary/aromatic N) is 4. The Kier molecular flexibility index (Phi) is 3.20. The van der Waals surface area contributed by atoms with Gasteiger partial charge in [0.1, 0.15) is 0 Å². The molecule has 1 aliphatic rings. The molecule has 0 saturated carbocycles. The summed E-state index contributed by atoms with van der Waals surface area (Å²) in [6.07, 6.45) is 4.87. The Balaban J connectivity index is 1.76. The first-order valence-corrected chi connectivity index (χ1v) is 7.49. The molecule has 0 atom stereocenters. The van der Waals surface area contributed by atoms with E-state index in [4.69, 9.17) is 11.5 Å². The van der Waals surface area contributed by atoms with E-state index in [-0.39, 0.29) is 5.95 Å². The maximum atomic E-state index is 5.94. The monoisotopic (exact) mass is 307 g/mol. The second-order valence-electron chi connectivity index (χ2n) is 5.49. The maximum Gasteiger partial charge on any atom is 0.222 e. The number of aromatic nitrogens is 4. The minimum Gasteiger partial charge on any atom is -0.382 e. The van der Waals surface area contributed by atoms with Gasteiger partial charge in [-0.1, -0.05) is 18.2 Å². The van der Waals surface area contributed by atoms with Crippen LogP contribution in [-0.2, 0) is 0 Å². The van der Waals surface area contributed by atoms with Crippen LogP contribution in [0.4, 0.5) is 11.8 Å². The van der Waals surface area contributed by atoms with Gasteiger partial charge in [-0.15, -0.1) is 5.10 Å². The lowest BCUT2D eigenvalue weighted by molar-refractivity contribution is 0.738. The molecular formula is C16H17N7. The number of nitrogens with one attached hydrogen (secondary N) is 1. The van der Waals surface area contributed by atoms with Gasteiger partial charge in [0, 0.05) is 12.7 Å². The Morgan fingerprint density at radius 1 is 1.13 bits per heavy atom. The summed E-state index contributed by atoms with van der Waals surface area (Å²) in [7, 11) is 0. The molecule has 0 saturated heterocycles. The molecule has 0 radical (unpaired) electrons. The molecule has 3 heterocycles. The maximum absolute atomic E-state index is 5.94. The van der Waals surface area contributed by atoms with Gasteiger partial charge in [-0.3, -0.25) is 0 Å². The lowest BCUT2D eigenvalue weighted by Crippen LogP contribution is -2.19. The van der Waals surface area contributed by atoms with Crippen LogP contribution in [0, 0.1) is 0 Å². The number of rotatable bonds is 2. The van der Waals surface area contributed by atoms with Crippen LogP contribution in [0.25, 0.3) is 22.3 Å². The molecule has 7 heteroatoms. The topological polar surface area (TPSA) is 108 Å². The SMILES string of the molecule is Nc1ncc2c(N)nn(-c3ccc(C4=CCNCC4)cc3)c2n1. The molecule has 116 valence electrons. The van der Waals surface area contributed by atoms with Crippen molar-refractivity contribution < 1.29 is 0 Å². The van der Waals surface area contributed by atoms with Crippen LogP contribution in [0.1, 0.15) is 12.0 Å². The molecule has 0 aliphatic carbocycles. The molecule has 0 unspecified atom stereocenters. The summed E-state index contributed by atoms with van der Waals surface area (Å²) in [6.45, 7) is 1.94. The van der Waals surface area contributed by atoms with Crippen LogP contribution in [0.3, 0.4) is 0 Å². The van der Waals surface area contributed by atoms with Crippen LogP contribution >= 0.6 is 0 Å². The predicted octanol–water partition coefficient (Wildman–Crippen LogP) is 1.36. The summed E-state index contributed by atoms with van der Waals surface area (Å²) in [5.41, 5.74) is 15.7. The van der Waals surface area contributed by atoms with Crippen molar-refractivity contribution in [2.75, 3.05) is 24.6 Å². The Bertz CT molecular complexity index is 893. The molecule has 0 amide bonds. The van der Waals surface area contributed by atoms with Crippen LogP contribution in [0.15, 0.2) is 36.5 Å². The lowest BCUT2D eigenvalue weighted by Gasteiger charge is -2.14. The number of fused-ring (bicyclic) bond motifs is 1. The van der Waals surface area contributed by atoms with E-state index in [0.717, 1.165) is 25.2 Å². The van der Waals surface area contributed by atoms with Crippen LogP contribution in [-0.4, -0.2) is 32.8 Å². The molecule has 2 aromatic heterocycles. The fraction of sp³-hybridized carbons (Fsp3) is 0.188. The van der Waals surface area contributed by atoms with E-state index < -0.39 is 0 Å². The molecule has 0 fully saturated rings. The van der Waals surface area contributed by atoms with Crippen molar-refractivity contribution >= 4 is 28.4 Å². The van der Waals surface area contributed by atoms with Gasteiger partial charge in [-0.25, -0.2) is 9.67 Å². The van der Waals surface area contributed by atoms with E-state index in [1.165, 1.54) is 11.1 Å². The average Bonchev–Trinajstić information content (AvgIpc) is 2.92. The second kappa shape index (κ2) is 5.36. The van der Waals surface area contributed by atoms with Crippen molar-refractivity contribution in [3.63, 3.8) is 0 Å². The van der Waals surface area contributed by atoms with Gasteiger partial charge in [-0.05, 0) is 36.2 Å². The average molecular weight is 307 g/mol. The van der Waals surface area contributed by atoms with E-state index in [2.05, 4.69) is 38.6 Å². The molecule has 0 bridgehead atoms. The number of nitrogen functional groups attached to an aromatic ring is 2. The third-order valence-corrected chi connectivity index (χ3v) is 4.02. The second-order valence-corrected chi connectivity index (χ2v) is 5.49. The zero-order valence-electron chi connectivity index (χ0n) is 12.5. The number of anilines is 2. The fourth-order valence-electron chi connectivity index (χ4n) is 2.82. The van der Waals surface area contributed by atoms with Crippen molar-refractivity contribution in [3.8, 4) is 5.69 Å². The van der Waals surface area contributed by atoms with Crippen molar-refractivity contribution in [1.82, 2.24) is 25.1 Å². The van der Waals surface area contributed by atoms with Gasteiger partial charge in [0.05, 0.1) is 11.1 Å². The summed E-state index contributed by atoms with van der Waals surface area (Å²) in [5, 5.41) is 8.37. The number of hydrogen-bond acceptors (Lipinski definition) is 6. The highest BCUT2D eigenvalue weighted by Crippen LogP contribution is 2.24. The first-order chi connectivity index (χ1) is 11.2. The molecule has 3 aromatic rings. The zero-order chi connectivity index (χ0) is 15.8. The van der Waals surface area contributed by atoms with Crippen molar-refractivity contribution in [2.24, 2.45) is 0 Å². The highest BCUT2D eigenvalue weighted by molar-refractivity contribution is 5.87.